The molecule has 1 aromatic heterocycles. The average Bonchev–Trinajstić information content (AvgIpc) is 2.43. The molecule has 5 heteroatoms. The number of aromatic nitrogens is 1. The summed E-state index contributed by atoms with van der Waals surface area (Å²) in [4.78, 5) is 18.1. The molecule has 0 fully saturated rings. The quantitative estimate of drug-likeness (QED) is 0.813. The number of ether oxygens (including phenoxy) is 1. The van der Waals surface area contributed by atoms with E-state index in [0.717, 1.165) is 15.7 Å². The van der Waals surface area contributed by atoms with Gasteiger partial charge in [0.1, 0.15) is 5.00 Å². The van der Waals surface area contributed by atoms with Crippen molar-refractivity contribution in [3.63, 3.8) is 0 Å². The number of amides is 1. The summed E-state index contributed by atoms with van der Waals surface area (Å²) in [5, 5.41) is 1.82. The first-order valence-corrected chi connectivity index (χ1v) is 6.50. The predicted molar refractivity (Wildman–Crippen MR) is 70.8 cm³/mol. The Morgan fingerprint density at radius 1 is 1.41 bits per heavy atom. The Balaban J connectivity index is 3.16. The van der Waals surface area contributed by atoms with Crippen molar-refractivity contribution in [2.75, 3.05) is 11.5 Å². The molecule has 0 unspecified atom stereocenters. The van der Waals surface area contributed by atoms with Crippen LogP contribution in [0.15, 0.2) is 0 Å². The highest BCUT2D eigenvalue weighted by molar-refractivity contribution is 7.16. The highest BCUT2D eigenvalue weighted by atomic mass is 32.1. The van der Waals surface area contributed by atoms with E-state index in [4.69, 9.17) is 4.74 Å². The molecule has 0 radical (unpaired) electrons. The monoisotopic (exact) mass is 256 g/mol. The fourth-order valence-corrected chi connectivity index (χ4v) is 2.67. The third-order valence-electron chi connectivity index (χ3n) is 2.20. The normalized spacial score (nSPS) is 11.4. The molecule has 0 aromatic carbocycles. The van der Waals surface area contributed by atoms with Gasteiger partial charge in [0.25, 0.3) is 0 Å². The van der Waals surface area contributed by atoms with E-state index in [2.05, 4.69) is 4.98 Å². The molecular formula is C12H20N2O2S. The minimum Gasteiger partial charge on any atom is -0.449 e. The van der Waals surface area contributed by atoms with E-state index in [1.807, 2.05) is 41.5 Å². The van der Waals surface area contributed by atoms with E-state index in [1.165, 1.54) is 11.3 Å². The molecule has 1 rings (SSSR count). The van der Waals surface area contributed by atoms with Crippen LogP contribution in [0.3, 0.4) is 0 Å². The first kappa shape index (κ1) is 14.0. The molecule has 0 aliphatic heterocycles. The zero-order valence-corrected chi connectivity index (χ0v) is 12.1. The molecule has 1 heterocycles. The Morgan fingerprint density at radius 3 is 2.35 bits per heavy atom. The van der Waals surface area contributed by atoms with Crippen LogP contribution in [0, 0.1) is 13.8 Å². The van der Waals surface area contributed by atoms with E-state index in [-0.39, 0.29) is 11.6 Å². The summed E-state index contributed by atoms with van der Waals surface area (Å²) in [7, 11) is 0. The van der Waals surface area contributed by atoms with Crippen LogP contribution in [0.5, 0.6) is 0 Å². The number of rotatable bonds is 2. The van der Waals surface area contributed by atoms with Gasteiger partial charge in [0, 0.05) is 5.54 Å². The van der Waals surface area contributed by atoms with Gasteiger partial charge in [-0.3, -0.25) is 4.90 Å². The molecule has 0 N–H and O–H groups in total. The van der Waals surface area contributed by atoms with Crippen LogP contribution >= 0.6 is 11.3 Å². The second kappa shape index (κ2) is 5.04. The number of nitrogens with zero attached hydrogens (tertiary/aromatic N) is 2. The van der Waals surface area contributed by atoms with Crippen molar-refractivity contribution in [3.8, 4) is 0 Å². The Hall–Kier alpha value is -1.10. The average molecular weight is 256 g/mol. The van der Waals surface area contributed by atoms with Gasteiger partial charge in [0.05, 0.1) is 17.3 Å². The highest BCUT2D eigenvalue weighted by Gasteiger charge is 2.32. The van der Waals surface area contributed by atoms with Crippen LogP contribution in [0.1, 0.15) is 38.4 Å². The van der Waals surface area contributed by atoms with Gasteiger partial charge in [-0.1, -0.05) is 0 Å². The molecular weight excluding hydrogens is 236 g/mol. The summed E-state index contributed by atoms with van der Waals surface area (Å²) in [5.41, 5.74) is 0.547. The lowest BCUT2D eigenvalue weighted by Crippen LogP contribution is -2.46. The third kappa shape index (κ3) is 3.19. The van der Waals surface area contributed by atoms with Crippen molar-refractivity contribution < 1.29 is 9.53 Å². The second-order valence-electron chi connectivity index (χ2n) is 4.83. The van der Waals surface area contributed by atoms with E-state index >= 15 is 0 Å². The lowest BCUT2D eigenvalue weighted by molar-refractivity contribution is 0.154. The Bertz CT molecular complexity index is 407. The van der Waals surface area contributed by atoms with E-state index in [0.29, 0.717) is 6.61 Å². The first-order chi connectivity index (χ1) is 7.77. The number of aryl methyl sites for hydroxylation is 2. The number of hydrogen-bond donors (Lipinski definition) is 0. The molecule has 0 bridgehead atoms. The first-order valence-electron chi connectivity index (χ1n) is 5.68. The number of hydrogen-bond acceptors (Lipinski definition) is 4. The third-order valence-corrected chi connectivity index (χ3v) is 3.26. The topological polar surface area (TPSA) is 42.4 Å². The van der Waals surface area contributed by atoms with Crippen LogP contribution in [0.2, 0.25) is 0 Å². The molecule has 0 aliphatic rings. The van der Waals surface area contributed by atoms with Crippen molar-refractivity contribution >= 4 is 22.4 Å². The van der Waals surface area contributed by atoms with Gasteiger partial charge >= 0.3 is 6.09 Å². The SMILES string of the molecule is CCOC(=O)N(c1sc(C)nc1C)C(C)(C)C. The van der Waals surface area contributed by atoms with Crippen molar-refractivity contribution in [2.45, 2.75) is 47.1 Å². The van der Waals surface area contributed by atoms with Crippen LogP contribution < -0.4 is 4.90 Å². The highest BCUT2D eigenvalue weighted by Crippen LogP contribution is 2.33. The lowest BCUT2D eigenvalue weighted by atomic mass is 10.1. The molecule has 1 amide bonds. The number of anilines is 1. The van der Waals surface area contributed by atoms with Gasteiger partial charge in [0.15, 0.2) is 0 Å². The van der Waals surface area contributed by atoms with Gasteiger partial charge in [-0.15, -0.1) is 11.3 Å². The second-order valence-corrected chi connectivity index (χ2v) is 6.01. The molecule has 0 atom stereocenters. The van der Waals surface area contributed by atoms with Crippen LogP contribution in [-0.2, 0) is 4.74 Å². The van der Waals surface area contributed by atoms with E-state index in [1.54, 1.807) is 4.90 Å². The van der Waals surface area contributed by atoms with Crippen molar-refractivity contribution in [3.05, 3.63) is 10.7 Å². The van der Waals surface area contributed by atoms with Crippen molar-refractivity contribution in [1.82, 2.24) is 4.98 Å². The Labute approximate surface area is 107 Å². The number of carbonyl (C=O) groups excluding carboxylic acids is 1. The zero-order chi connectivity index (χ0) is 13.2. The molecule has 17 heavy (non-hydrogen) atoms. The smallest absolute Gasteiger partial charge is 0.415 e. The Morgan fingerprint density at radius 2 is 2.00 bits per heavy atom. The fraction of sp³-hybridized carbons (Fsp3) is 0.667. The molecule has 0 spiro atoms. The maximum absolute atomic E-state index is 12.0. The Kier molecular flexibility index (Phi) is 4.14. The summed E-state index contributed by atoms with van der Waals surface area (Å²) >= 11 is 1.52. The van der Waals surface area contributed by atoms with Crippen LogP contribution in [0.4, 0.5) is 9.80 Å². The summed E-state index contributed by atoms with van der Waals surface area (Å²) < 4.78 is 5.12. The van der Waals surface area contributed by atoms with E-state index < -0.39 is 0 Å². The van der Waals surface area contributed by atoms with Crippen molar-refractivity contribution in [1.29, 1.82) is 0 Å². The predicted octanol–water partition coefficient (Wildman–Crippen LogP) is 3.52. The molecule has 0 saturated heterocycles. The summed E-state index contributed by atoms with van der Waals surface area (Å²) in [6, 6.07) is 0. The largest absolute Gasteiger partial charge is 0.449 e. The maximum atomic E-state index is 12.0. The minimum atomic E-state index is -0.323. The van der Waals surface area contributed by atoms with Gasteiger partial charge in [-0.05, 0) is 41.5 Å². The number of thiazole rings is 1. The standard InChI is InChI=1S/C12H20N2O2S/c1-7-16-11(15)14(12(4,5)6)10-8(2)13-9(3)17-10/h7H2,1-6H3. The van der Waals surface area contributed by atoms with Gasteiger partial charge in [-0.2, -0.15) is 0 Å². The maximum Gasteiger partial charge on any atom is 0.415 e. The molecule has 1 aromatic rings. The number of carbonyl (C=O) groups is 1. The summed E-state index contributed by atoms with van der Waals surface area (Å²) in [6.07, 6.45) is -0.313. The van der Waals surface area contributed by atoms with Crippen molar-refractivity contribution in [2.24, 2.45) is 0 Å². The molecule has 96 valence electrons. The van der Waals surface area contributed by atoms with Gasteiger partial charge in [-0.25, -0.2) is 9.78 Å². The van der Waals surface area contributed by atoms with Gasteiger partial charge < -0.3 is 4.74 Å². The summed E-state index contributed by atoms with van der Waals surface area (Å²) in [5.74, 6) is 0. The zero-order valence-electron chi connectivity index (χ0n) is 11.3. The lowest BCUT2D eigenvalue weighted by Gasteiger charge is -2.33. The molecule has 4 nitrogen and oxygen atoms in total. The van der Waals surface area contributed by atoms with E-state index in [9.17, 15) is 4.79 Å². The van der Waals surface area contributed by atoms with Gasteiger partial charge in [0.2, 0.25) is 0 Å². The van der Waals surface area contributed by atoms with Crippen LogP contribution in [0.25, 0.3) is 0 Å². The molecule has 0 saturated carbocycles. The minimum absolute atomic E-state index is 0.313. The fourth-order valence-electron chi connectivity index (χ4n) is 1.58. The molecule has 0 aliphatic carbocycles. The van der Waals surface area contributed by atoms with Crippen LogP contribution in [-0.4, -0.2) is 23.2 Å². The summed E-state index contributed by atoms with van der Waals surface area (Å²) in [6.45, 7) is 12.0.